The second-order valence-corrected chi connectivity index (χ2v) is 5.20. The lowest BCUT2D eigenvalue weighted by Gasteiger charge is -2.24. The maximum atomic E-state index is 9.19. The van der Waals surface area contributed by atoms with E-state index >= 15 is 0 Å². The molecule has 1 aromatic carbocycles. The Morgan fingerprint density at radius 3 is 2.39 bits per heavy atom. The average molecular weight is 249 g/mol. The Bertz CT molecular complexity index is 312. The lowest BCUT2D eigenvalue weighted by Crippen LogP contribution is -2.35. The number of hydrogen-bond donors (Lipinski definition) is 2. The van der Waals surface area contributed by atoms with Crippen LogP contribution in [0.1, 0.15) is 45.1 Å². The van der Waals surface area contributed by atoms with Crippen molar-refractivity contribution in [2.75, 3.05) is 13.2 Å². The average Bonchev–Trinajstić information content (AvgIpc) is 2.43. The van der Waals surface area contributed by atoms with Gasteiger partial charge in [0.25, 0.3) is 0 Å². The summed E-state index contributed by atoms with van der Waals surface area (Å²) >= 11 is 0. The van der Waals surface area contributed by atoms with Crippen molar-refractivity contribution < 1.29 is 5.11 Å². The summed E-state index contributed by atoms with van der Waals surface area (Å²) in [6, 6.07) is 11.0. The zero-order valence-corrected chi connectivity index (χ0v) is 11.9. The fourth-order valence-electron chi connectivity index (χ4n) is 2.15. The predicted molar refractivity (Wildman–Crippen MR) is 77.8 cm³/mol. The number of aliphatic hydroxyl groups excluding tert-OH is 1. The minimum absolute atomic E-state index is 0.249. The normalized spacial score (nSPS) is 16.2. The van der Waals surface area contributed by atoms with Crippen LogP contribution < -0.4 is 5.32 Å². The Labute approximate surface area is 111 Å². The summed E-state index contributed by atoms with van der Waals surface area (Å²) in [7, 11) is 0. The van der Waals surface area contributed by atoms with Gasteiger partial charge in [-0.2, -0.15) is 0 Å². The lowest BCUT2D eigenvalue weighted by atomic mass is 9.94. The summed E-state index contributed by atoms with van der Waals surface area (Å²) in [4.78, 5) is 0. The Morgan fingerprint density at radius 2 is 1.83 bits per heavy atom. The fourth-order valence-corrected chi connectivity index (χ4v) is 2.15. The monoisotopic (exact) mass is 249 g/mol. The van der Waals surface area contributed by atoms with Gasteiger partial charge in [0.15, 0.2) is 0 Å². The molecule has 0 aliphatic rings. The summed E-state index contributed by atoms with van der Waals surface area (Å²) in [5.41, 5.74) is 1.32. The summed E-state index contributed by atoms with van der Waals surface area (Å²) < 4.78 is 0. The molecule has 0 spiro atoms. The highest BCUT2D eigenvalue weighted by molar-refractivity contribution is 5.19. The van der Waals surface area contributed by atoms with Crippen LogP contribution in [0.15, 0.2) is 30.3 Å². The molecule has 0 fully saturated rings. The first kappa shape index (κ1) is 15.2. The molecule has 0 saturated carbocycles. The molecule has 0 heterocycles. The molecule has 2 N–H and O–H groups in total. The molecule has 0 saturated heterocycles. The number of nitrogens with one attached hydrogen (secondary N) is 1. The summed E-state index contributed by atoms with van der Waals surface area (Å²) in [5, 5.41) is 12.8. The highest BCUT2D eigenvalue weighted by atomic mass is 16.3. The molecule has 0 bridgehead atoms. The van der Waals surface area contributed by atoms with E-state index in [-0.39, 0.29) is 6.61 Å². The Kier molecular flexibility index (Phi) is 6.99. The van der Waals surface area contributed by atoms with Crippen molar-refractivity contribution in [3.8, 4) is 0 Å². The van der Waals surface area contributed by atoms with Gasteiger partial charge < -0.3 is 10.4 Å². The Hall–Kier alpha value is -0.860. The highest BCUT2D eigenvalue weighted by Gasteiger charge is 2.14. The zero-order valence-electron chi connectivity index (χ0n) is 11.9. The molecule has 0 aliphatic carbocycles. The third-order valence-electron chi connectivity index (χ3n) is 3.93. The van der Waals surface area contributed by atoms with Crippen molar-refractivity contribution >= 4 is 0 Å². The van der Waals surface area contributed by atoms with Crippen molar-refractivity contribution in [1.29, 1.82) is 0 Å². The van der Waals surface area contributed by atoms with Gasteiger partial charge in [0, 0.05) is 19.2 Å². The molecule has 0 amide bonds. The second-order valence-electron chi connectivity index (χ2n) is 5.20. The molecular weight excluding hydrogens is 222 g/mol. The number of aliphatic hydroxyl groups is 1. The third kappa shape index (κ3) is 4.79. The van der Waals surface area contributed by atoms with Crippen LogP contribution in [0.2, 0.25) is 0 Å². The summed E-state index contributed by atoms with van der Waals surface area (Å²) in [6.45, 7) is 7.94. The maximum Gasteiger partial charge on any atom is 0.0437 e. The summed E-state index contributed by atoms with van der Waals surface area (Å²) in [6.07, 6.45) is 2.02. The van der Waals surface area contributed by atoms with Crippen molar-refractivity contribution in [2.45, 2.75) is 45.6 Å². The van der Waals surface area contributed by atoms with Gasteiger partial charge in [0.05, 0.1) is 0 Å². The fraction of sp³-hybridized carbons (Fsp3) is 0.625. The molecule has 3 unspecified atom stereocenters. The van der Waals surface area contributed by atoms with Crippen LogP contribution in [0.4, 0.5) is 0 Å². The first-order valence-corrected chi connectivity index (χ1v) is 7.08. The van der Waals surface area contributed by atoms with Crippen molar-refractivity contribution in [2.24, 2.45) is 5.92 Å². The SMILES string of the molecule is CCC(C)C(C)NCC(CCO)c1ccccc1. The van der Waals surface area contributed by atoms with Crippen molar-refractivity contribution in [3.05, 3.63) is 35.9 Å². The van der Waals surface area contributed by atoms with Gasteiger partial charge in [-0.3, -0.25) is 0 Å². The van der Waals surface area contributed by atoms with Crippen LogP contribution in [0.3, 0.4) is 0 Å². The van der Waals surface area contributed by atoms with Gasteiger partial charge in [-0.05, 0) is 30.7 Å². The van der Waals surface area contributed by atoms with Gasteiger partial charge in [0.2, 0.25) is 0 Å². The van der Waals surface area contributed by atoms with Crippen LogP contribution in [0.25, 0.3) is 0 Å². The van der Waals surface area contributed by atoms with E-state index in [0.29, 0.717) is 17.9 Å². The van der Waals surface area contributed by atoms with E-state index in [2.05, 4.69) is 50.4 Å². The van der Waals surface area contributed by atoms with Crippen LogP contribution in [0, 0.1) is 5.92 Å². The van der Waals surface area contributed by atoms with E-state index in [1.807, 2.05) is 6.07 Å². The zero-order chi connectivity index (χ0) is 13.4. The molecule has 2 nitrogen and oxygen atoms in total. The van der Waals surface area contributed by atoms with Crippen LogP contribution >= 0.6 is 0 Å². The maximum absolute atomic E-state index is 9.19. The molecule has 0 aliphatic heterocycles. The number of rotatable bonds is 8. The first-order valence-electron chi connectivity index (χ1n) is 7.08. The van der Waals surface area contributed by atoms with E-state index in [1.54, 1.807) is 0 Å². The predicted octanol–water partition coefficient (Wildman–Crippen LogP) is 3.18. The van der Waals surface area contributed by atoms with Gasteiger partial charge in [-0.15, -0.1) is 0 Å². The van der Waals surface area contributed by atoms with E-state index in [1.165, 1.54) is 12.0 Å². The van der Waals surface area contributed by atoms with Crippen molar-refractivity contribution in [3.63, 3.8) is 0 Å². The molecule has 0 aromatic heterocycles. The Morgan fingerprint density at radius 1 is 1.17 bits per heavy atom. The minimum Gasteiger partial charge on any atom is -0.396 e. The van der Waals surface area contributed by atoms with Gasteiger partial charge in [0.1, 0.15) is 0 Å². The molecular formula is C16H27NO. The van der Waals surface area contributed by atoms with Crippen LogP contribution in [-0.2, 0) is 0 Å². The molecule has 3 atom stereocenters. The molecule has 1 aromatic rings. The Balaban J connectivity index is 2.54. The largest absolute Gasteiger partial charge is 0.396 e. The van der Waals surface area contributed by atoms with E-state index in [4.69, 9.17) is 0 Å². The molecule has 1 rings (SSSR count). The standard InChI is InChI=1S/C16H27NO/c1-4-13(2)14(3)17-12-16(10-11-18)15-8-6-5-7-9-15/h5-9,13-14,16-18H,4,10-12H2,1-3H3. The van der Waals surface area contributed by atoms with Gasteiger partial charge >= 0.3 is 0 Å². The smallest absolute Gasteiger partial charge is 0.0437 e. The minimum atomic E-state index is 0.249. The van der Waals surface area contributed by atoms with Crippen molar-refractivity contribution in [1.82, 2.24) is 5.32 Å². The first-order chi connectivity index (χ1) is 8.69. The number of hydrogen-bond acceptors (Lipinski definition) is 2. The summed E-state index contributed by atoms with van der Waals surface area (Å²) in [5.74, 6) is 1.10. The lowest BCUT2D eigenvalue weighted by molar-refractivity contribution is 0.269. The van der Waals surface area contributed by atoms with E-state index in [0.717, 1.165) is 13.0 Å². The van der Waals surface area contributed by atoms with Gasteiger partial charge in [-0.25, -0.2) is 0 Å². The molecule has 0 radical (unpaired) electrons. The second kappa shape index (κ2) is 8.28. The van der Waals surface area contributed by atoms with Gasteiger partial charge in [-0.1, -0.05) is 50.6 Å². The van der Waals surface area contributed by atoms with Crippen LogP contribution in [0.5, 0.6) is 0 Å². The topological polar surface area (TPSA) is 32.3 Å². The van der Waals surface area contributed by atoms with Crippen LogP contribution in [-0.4, -0.2) is 24.3 Å². The molecule has 102 valence electrons. The third-order valence-corrected chi connectivity index (χ3v) is 3.93. The number of benzene rings is 1. The van der Waals surface area contributed by atoms with E-state index in [9.17, 15) is 5.11 Å². The molecule has 2 heteroatoms. The quantitative estimate of drug-likeness (QED) is 0.741. The molecule has 18 heavy (non-hydrogen) atoms. The van der Waals surface area contributed by atoms with E-state index < -0.39 is 0 Å². The highest BCUT2D eigenvalue weighted by Crippen LogP contribution is 2.19.